The van der Waals surface area contributed by atoms with E-state index < -0.39 is 15.9 Å². The average Bonchev–Trinajstić information content (AvgIpc) is 2.72. The number of hydrogen-bond acceptors (Lipinski definition) is 6. The number of nitrogens with zero attached hydrogens (tertiary/aromatic N) is 1. The summed E-state index contributed by atoms with van der Waals surface area (Å²) in [5.41, 5.74) is 0.893. The predicted molar refractivity (Wildman–Crippen MR) is 115 cm³/mol. The molecule has 1 aliphatic heterocycles. The lowest BCUT2D eigenvalue weighted by atomic mass is 10.2. The third kappa shape index (κ3) is 5.35. The van der Waals surface area contributed by atoms with E-state index in [9.17, 15) is 13.2 Å². The molecule has 0 saturated heterocycles. The van der Waals surface area contributed by atoms with Gasteiger partial charge in [0.2, 0.25) is 15.9 Å². The normalized spacial score (nSPS) is 13.1. The molecule has 8 nitrogen and oxygen atoms in total. The topological polar surface area (TPSA) is 94.2 Å². The Morgan fingerprint density at radius 1 is 1.10 bits per heavy atom. The van der Waals surface area contributed by atoms with Crippen LogP contribution in [0.3, 0.4) is 0 Å². The standard InChI is InChI=1S/C21H26N2O6S/c1-4-30(25,26)23(17-7-10-19-20(13-17)28-12-11-27-19)14-21(24)22-16-5-8-18(9-6-16)29-15(2)3/h5-10,13,15H,4,11-12,14H2,1-3H3,(H,22,24). The van der Waals surface area contributed by atoms with Crippen molar-refractivity contribution in [1.29, 1.82) is 0 Å². The minimum absolute atomic E-state index is 0.0456. The summed E-state index contributed by atoms with van der Waals surface area (Å²) in [5, 5.41) is 2.72. The molecule has 2 aromatic rings. The zero-order valence-electron chi connectivity index (χ0n) is 17.3. The number of carbonyl (C=O) groups excluding carboxylic acids is 1. The van der Waals surface area contributed by atoms with Gasteiger partial charge in [-0.25, -0.2) is 8.42 Å². The van der Waals surface area contributed by atoms with Crippen molar-refractivity contribution in [2.75, 3.05) is 35.1 Å². The Hall–Kier alpha value is -2.94. The van der Waals surface area contributed by atoms with Crippen molar-refractivity contribution < 1.29 is 27.4 Å². The van der Waals surface area contributed by atoms with Crippen LogP contribution in [0.15, 0.2) is 42.5 Å². The summed E-state index contributed by atoms with van der Waals surface area (Å²) in [6.07, 6.45) is 0.0456. The van der Waals surface area contributed by atoms with E-state index in [1.54, 1.807) is 42.5 Å². The van der Waals surface area contributed by atoms with Crippen LogP contribution in [0.5, 0.6) is 17.2 Å². The molecule has 0 fully saturated rings. The van der Waals surface area contributed by atoms with Crippen molar-refractivity contribution in [1.82, 2.24) is 0 Å². The highest BCUT2D eigenvalue weighted by Gasteiger charge is 2.25. The first kappa shape index (κ1) is 21.8. The Balaban J connectivity index is 1.76. The highest BCUT2D eigenvalue weighted by Crippen LogP contribution is 2.34. The molecule has 1 amide bonds. The third-order valence-corrected chi connectivity index (χ3v) is 6.05. The highest BCUT2D eigenvalue weighted by atomic mass is 32.2. The summed E-state index contributed by atoms with van der Waals surface area (Å²) >= 11 is 0. The monoisotopic (exact) mass is 434 g/mol. The van der Waals surface area contributed by atoms with Gasteiger partial charge >= 0.3 is 0 Å². The van der Waals surface area contributed by atoms with Gasteiger partial charge in [0.15, 0.2) is 11.5 Å². The summed E-state index contributed by atoms with van der Waals surface area (Å²) in [6, 6.07) is 11.7. The maximum Gasteiger partial charge on any atom is 0.245 e. The quantitative estimate of drug-likeness (QED) is 0.686. The largest absolute Gasteiger partial charge is 0.491 e. The molecule has 30 heavy (non-hydrogen) atoms. The Morgan fingerprint density at radius 2 is 1.77 bits per heavy atom. The molecule has 1 heterocycles. The molecule has 0 saturated carbocycles. The lowest BCUT2D eigenvalue weighted by Crippen LogP contribution is -2.39. The van der Waals surface area contributed by atoms with Gasteiger partial charge in [-0.3, -0.25) is 9.10 Å². The van der Waals surface area contributed by atoms with Gasteiger partial charge in [0.05, 0.1) is 17.5 Å². The van der Waals surface area contributed by atoms with Crippen LogP contribution < -0.4 is 23.8 Å². The summed E-state index contributed by atoms with van der Waals surface area (Å²) in [6.45, 7) is 5.85. The maximum absolute atomic E-state index is 12.7. The molecule has 0 aromatic heterocycles. The van der Waals surface area contributed by atoms with E-state index in [0.717, 1.165) is 4.31 Å². The molecule has 0 unspecified atom stereocenters. The summed E-state index contributed by atoms with van der Waals surface area (Å²) in [5.74, 6) is 1.09. The first-order valence-corrected chi connectivity index (χ1v) is 11.4. The molecule has 162 valence electrons. The van der Waals surface area contributed by atoms with Gasteiger partial charge in [-0.2, -0.15) is 0 Å². The van der Waals surface area contributed by atoms with Gasteiger partial charge in [0, 0.05) is 11.8 Å². The van der Waals surface area contributed by atoms with Crippen molar-refractivity contribution in [2.24, 2.45) is 0 Å². The molecular formula is C21H26N2O6S. The van der Waals surface area contributed by atoms with Crippen LogP contribution in [0.25, 0.3) is 0 Å². The fourth-order valence-electron chi connectivity index (χ4n) is 2.91. The van der Waals surface area contributed by atoms with Crippen LogP contribution >= 0.6 is 0 Å². The molecule has 0 bridgehead atoms. The molecular weight excluding hydrogens is 408 g/mol. The molecule has 0 spiro atoms. The average molecular weight is 435 g/mol. The number of fused-ring (bicyclic) bond motifs is 1. The van der Waals surface area contributed by atoms with Gasteiger partial charge in [0.25, 0.3) is 0 Å². The van der Waals surface area contributed by atoms with Crippen LogP contribution in [0.2, 0.25) is 0 Å². The SMILES string of the molecule is CCS(=O)(=O)N(CC(=O)Nc1ccc(OC(C)C)cc1)c1ccc2c(c1)OCCO2. The first-order valence-electron chi connectivity index (χ1n) is 9.75. The molecule has 1 aliphatic rings. The Labute approximate surface area is 176 Å². The fourth-order valence-corrected chi connectivity index (χ4v) is 3.97. The number of nitrogens with one attached hydrogen (secondary N) is 1. The van der Waals surface area contributed by atoms with Crippen LogP contribution in [-0.2, 0) is 14.8 Å². The van der Waals surface area contributed by atoms with E-state index in [1.165, 1.54) is 6.92 Å². The number of benzene rings is 2. The smallest absolute Gasteiger partial charge is 0.245 e. The predicted octanol–water partition coefficient (Wildman–Crippen LogP) is 3.04. The van der Waals surface area contributed by atoms with Crippen LogP contribution in [0.4, 0.5) is 11.4 Å². The molecule has 0 atom stereocenters. The number of carbonyl (C=O) groups is 1. The number of anilines is 2. The fraction of sp³-hybridized carbons (Fsp3) is 0.381. The Kier molecular flexibility index (Phi) is 6.71. The number of amides is 1. The first-order chi connectivity index (χ1) is 14.3. The zero-order valence-corrected chi connectivity index (χ0v) is 18.1. The summed E-state index contributed by atoms with van der Waals surface area (Å²) in [4.78, 5) is 12.6. The van der Waals surface area contributed by atoms with Gasteiger partial charge in [0.1, 0.15) is 25.5 Å². The van der Waals surface area contributed by atoms with Gasteiger partial charge in [-0.1, -0.05) is 0 Å². The molecule has 0 radical (unpaired) electrons. The van der Waals surface area contributed by atoms with Crippen LogP contribution in [0, 0.1) is 0 Å². The zero-order chi connectivity index (χ0) is 21.7. The molecule has 2 aromatic carbocycles. The van der Waals surface area contributed by atoms with Crippen molar-refractivity contribution in [3.8, 4) is 17.2 Å². The van der Waals surface area contributed by atoms with Crippen molar-refractivity contribution >= 4 is 27.3 Å². The maximum atomic E-state index is 12.7. The lowest BCUT2D eigenvalue weighted by molar-refractivity contribution is -0.114. The van der Waals surface area contributed by atoms with E-state index in [2.05, 4.69) is 5.32 Å². The van der Waals surface area contributed by atoms with Crippen molar-refractivity contribution in [2.45, 2.75) is 26.9 Å². The van der Waals surface area contributed by atoms with Crippen molar-refractivity contribution in [3.63, 3.8) is 0 Å². The molecule has 3 rings (SSSR count). The molecule has 9 heteroatoms. The number of ether oxygens (including phenoxy) is 3. The number of sulfonamides is 1. The number of hydrogen-bond donors (Lipinski definition) is 1. The minimum atomic E-state index is -3.69. The number of rotatable bonds is 8. The second-order valence-electron chi connectivity index (χ2n) is 6.97. The minimum Gasteiger partial charge on any atom is -0.491 e. The summed E-state index contributed by atoms with van der Waals surface area (Å²) in [7, 11) is -3.69. The summed E-state index contributed by atoms with van der Waals surface area (Å²) < 4.78 is 43.0. The third-order valence-electron chi connectivity index (χ3n) is 4.31. The van der Waals surface area contributed by atoms with E-state index in [-0.39, 0.29) is 18.4 Å². The Bertz CT molecular complexity index is 989. The molecule has 1 N–H and O–H groups in total. The van der Waals surface area contributed by atoms with E-state index in [0.29, 0.717) is 41.8 Å². The van der Waals surface area contributed by atoms with E-state index in [4.69, 9.17) is 14.2 Å². The second-order valence-corrected chi connectivity index (χ2v) is 9.16. The second kappa shape index (κ2) is 9.25. The van der Waals surface area contributed by atoms with Crippen molar-refractivity contribution in [3.05, 3.63) is 42.5 Å². The van der Waals surface area contributed by atoms with Gasteiger partial charge in [-0.05, 0) is 57.2 Å². The molecule has 0 aliphatic carbocycles. The van der Waals surface area contributed by atoms with Gasteiger partial charge < -0.3 is 19.5 Å². The Morgan fingerprint density at radius 3 is 2.40 bits per heavy atom. The van der Waals surface area contributed by atoms with Crippen LogP contribution in [0.1, 0.15) is 20.8 Å². The lowest BCUT2D eigenvalue weighted by Gasteiger charge is -2.25. The van der Waals surface area contributed by atoms with E-state index >= 15 is 0 Å². The van der Waals surface area contributed by atoms with Gasteiger partial charge in [-0.15, -0.1) is 0 Å². The highest BCUT2D eigenvalue weighted by molar-refractivity contribution is 7.92. The van der Waals surface area contributed by atoms with E-state index in [1.807, 2.05) is 13.8 Å². The van der Waals surface area contributed by atoms with Crippen LogP contribution in [-0.4, -0.2) is 45.9 Å².